The Labute approximate surface area is 120 Å². The molecule has 1 saturated carbocycles. The van der Waals surface area contributed by atoms with Gasteiger partial charge in [0.2, 0.25) is 0 Å². The first-order valence-electron chi connectivity index (χ1n) is 7.00. The molecule has 0 aliphatic heterocycles. The molecule has 2 rings (SSSR count). The van der Waals surface area contributed by atoms with Gasteiger partial charge in [0.1, 0.15) is 5.56 Å². The van der Waals surface area contributed by atoms with Crippen molar-refractivity contribution in [3.05, 3.63) is 34.9 Å². The highest BCUT2D eigenvalue weighted by Gasteiger charge is 2.26. The van der Waals surface area contributed by atoms with Crippen LogP contribution in [0, 0.1) is 29.2 Å². The summed E-state index contributed by atoms with van der Waals surface area (Å²) in [5, 5.41) is 0. The van der Waals surface area contributed by atoms with Crippen molar-refractivity contribution in [3.8, 4) is 0 Å². The van der Waals surface area contributed by atoms with Crippen LogP contribution in [0.5, 0.6) is 0 Å². The molecular formula is C15H16F4O2. The van der Waals surface area contributed by atoms with E-state index in [9.17, 15) is 22.4 Å². The Morgan fingerprint density at radius 1 is 1.05 bits per heavy atom. The maximum atomic E-state index is 13.4. The van der Waals surface area contributed by atoms with Gasteiger partial charge in [-0.3, -0.25) is 0 Å². The van der Waals surface area contributed by atoms with Gasteiger partial charge >= 0.3 is 5.97 Å². The molecule has 0 unspecified atom stereocenters. The van der Waals surface area contributed by atoms with Gasteiger partial charge in [-0.05, 0) is 12.3 Å². The lowest BCUT2D eigenvalue weighted by atomic mass is 9.87. The van der Waals surface area contributed by atoms with Crippen LogP contribution >= 0.6 is 0 Å². The zero-order valence-electron chi connectivity index (χ0n) is 11.4. The predicted molar refractivity (Wildman–Crippen MR) is 67.7 cm³/mol. The molecule has 0 amide bonds. The molecule has 1 aromatic carbocycles. The summed E-state index contributed by atoms with van der Waals surface area (Å²) >= 11 is 0. The minimum Gasteiger partial charge on any atom is -0.462 e. The standard InChI is InChI=1S/C15H16F4O2/c16-10-8-11(17)14(19)12(13(10)18)15(20)21-7-6-9-4-2-1-3-5-9/h8-9H,1-7H2. The molecule has 6 heteroatoms. The number of carbonyl (C=O) groups is 1. The summed E-state index contributed by atoms with van der Waals surface area (Å²) in [6.45, 7) is -0.0134. The van der Waals surface area contributed by atoms with E-state index in [1.807, 2.05) is 0 Å². The zero-order valence-corrected chi connectivity index (χ0v) is 11.4. The van der Waals surface area contributed by atoms with Crippen molar-refractivity contribution in [1.29, 1.82) is 0 Å². The Morgan fingerprint density at radius 3 is 2.19 bits per heavy atom. The van der Waals surface area contributed by atoms with E-state index in [0.717, 1.165) is 25.7 Å². The zero-order chi connectivity index (χ0) is 15.4. The van der Waals surface area contributed by atoms with Crippen LogP contribution in [0.4, 0.5) is 17.6 Å². The van der Waals surface area contributed by atoms with Crippen LogP contribution in [-0.4, -0.2) is 12.6 Å². The number of halogens is 4. The van der Waals surface area contributed by atoms with E-state index in [4.69, 9.17) is 4.74 Å². The van der Waals surface area contributed by atoms with Crippen molar-refractivity contribution < 1.29 is 27.1 Å². The lowest BCUT2D eigenvalue weighted by Crippen LogP contribution is -2.16. The molecular weight excluding hydrogens is 288 g/mol. The van der Waals surface area contributed by atoms with Crippen LogP contribution in [0.25, 0.3) is 0 Å². The van der Waals surface area contributed by atoms with Crippen LogP contribution < -0.4 is 0 Å². The molecule has 0 heterocycles. The van der Waals surface area contributed by atoms with Gasteiger partial charge in [-0.25, -0.2) is 22.4 Å². The molecule has 0 bridgehead atoms. The second kappa shape index (κ2) is 6.91. The summed E-state index contributed by atoms with van der Waals surface area (Å²) in [5.41, 5.74) is -1.31. The van der Waals surface area contributed by atoms with Crippen LogP contribution in [0.2, 0.25) is 0 Å². The van der Waals surface area contributed by atoms with E-state index < -0.39 is 34.8 Å². The molecule has 1 fully saturated rings. The maximum absolute atomic E-state index is 13.4. The summed E-state index contributed by atoms with van der Waals surface area (Å²) in [6.07, 6.45) is 6.10. The highest BCUT2D eigenvalue weighted by Crippen LogP contribution is 2.26. The van der Waals surface area contributed by atoms with Crippen molar-refractivity contribution in [2.75, 3.05) is 6.61 Å². The number of ether oxygens (including phenoxy) is 1. The Balaban J connectivity index is 1.97. The summed E-state index contributed by atoms with van der Waals surface area (Å²) in [6, 6.07) is 0.0590. The number of hydrogen-bond acceptors (Lipinski definition) is 2. The molecule has 1 aliphatic carbocycles. The predicted octanol–water partition coefficient (Wildman–Crippen LogP) is 4.37. The van der Waals surface area contributed by atoms with Crippen molar-refractivity contribution in [3.63, 3.8) is 0 Å². The summed E-state index contributed by atoms with van der Waals surface area (Å²) in [4.78, 5) is 11.6. The van der Waals surface area contributed by atoms with Crippen molar-refractivity contribution >= 4 is 5.97 Å². The van der Waals surface area contributed by atoms with Gasteiger partial charge in [0.15, 0.2) is 23.3 Å². The number of benzene rings is 1. The second-order valence-corrected chi connectivity index (χ2v) is 5.27. The number of hydrogen-bond donors (Lipinski definition) is 0. The van der Waals surface area contributed by atoms with Crippen LogP contribution in [0.15, 0.2) is 6.07 Å². The molecule has 2 nitrogen and oxygen atoms in total. The molecule has 0 spiro atoms. The molecule has 1 aromatic rings. The summed E-state index contributed by atoms with van der Waals surface area (Å²) < 4.78 is 57.5. The summed E-state index contributed by atoms with van der Waals surface area (Å²) in [7, 11) is 0. The van der Waals surface area contributed by atoms with Crippen LogP contribution in [-0.2, 0) is 4.74 Å². The SMILES string of the molecule is O=C(OCCC1CCCCC1)c1c(F)c(F)cc(F)c1F. The second-order valence-electron chi connectivity index (χ2n) is 5.27. The number of rotatable bonds is 4. The topological polar surface area (TPSA) is 26.3 Å². The van der Waals surface area contributed by atoms with E-state index in [2.05, 4.69) is 0 Å². The minimum absolute atomic E-state index is 0.0134. The Morgan fingerprint density at radius 2 is 1.62 bits per heavy atom. The van der Waals surface area contributed by atoms with Gasteiger partial charge in [-0.2, -0.15) is 0 Å². The van der Waals surface area contributed by atoms with E-state index in [1.165, 1.54) is 6.42 Å². The van der Waals surface area contributed by atoms with E-state index in [1.54, 1.807) is 0 Å². The fourth-order valence-corrected chi connectivity index (χ4v) is 2.62. The van der Waals surface area contributed by atoms with E-state index >= 15 is 0 Å². The number of esters is 1. The molecule has 0 N–H and O–H groups in total. The van der Waals surface area contributed by atoms with Crippen molar-refractivity contribution in [2.24, 2.45) is 5.92 Å². The molecule has 0 saturated heterocycles. The molecule has 116 valence electrons. The molecule has 1 aliphatic rings. The smallest absolute Gasteiger partial charge is 0.344 e. The lowest BCUT2D eigenvalue weighted by Gasteiger charge is -2.21. The highest BCUT2D eigenvalue weighted by atomic mass is 19.2. The van der Waals surface area contributed by atoms with Gasteiger partial charge in [-0.15, -0.1) is 0 Å². The Bertz CT molecular complexity index is 499. The minimum atomic E-state index is -1.73. The molecule has 0 atom stereocenters. The van der Waals surface area contributed by atoms with E-state index in [0.29, 0.717) is 12.3 Å². The van der Waals surface area contributed by atoms with Crippen molar-refractivity contribution in [1.82, 2.24) is 0 Å². The van der Waals surface area contributed by atoms with Crippen molar-refractivity contribution in [2.45, 2.75) is 38.5 Å². The average molecular weight is 304 g/mol. The van der Waals surface area contributed by atoms with Gasteiger partial charge in [-0.1, -0.05) is 32.1 Å². The fourth-order valence-electron chi connectivity index (χ4n) is 2.62. The maximum Gasteiger partial charge on any atom is 0.344 e. The quantitative estimate of drug-likeness (QED) is 0.469. The van der Waals surface area contributed by atoms with Gasteiger partial charge in [0.25, 0.3) is 0 Å². The van der Waals surface area contributed by atoms with Gasteiger partial charge < -0.3 is 4.74 Å². The third kappa shape index (κ3) is 3.74. The first-order valence-corrected chi connectivity index (χ1v) is 7.00. The molecule has 0 radical (unpaired) electrons. The third-order valence-electron chi connectivity index (χ3n) is 3.80. The third-order valence-corrected chi connectivity index (χ3v) is 3.80. The Hall–Kier alpha value is -1.59. The average Bonchev–Trinajstić information content (AvgIpc) is 2.46. The molecule has 21 heavy (non-hydrogen) atoms. The van der Waals surface area contributed by atoms with Crippen LogP contribution in [0.1, 0.15) is 48.9 Å². The lowest BCUT2D eigenvalue weighted by molar-refractivity contribution is 0.0461. The van der Waals surface area contributed by atoms with Gasteiger partial charge in [0, 0.05) is 6.07 Å². The number of carbonyl (C=O) groups excluding carboxylic acids is 1. The van der Waals surface area contributed by atoms with E-state index in [-0.39, 0.29) is 12.7 Å². The highest BCUT2D eigenvalue weighted by molar-refractivity contribution is 5.90. The van der Waals surface area contributed by atoms with Crippen LogP contribution in [0.3, 0.4) is 0 Å². The first kappa shape index (κ1) is 15.8. The normalized spacial score (nSPS) is 16.0. The van der Waals surface area contributed by atoms with Gasteiger partial charge in [0.05, 0.1) is 6.61 Å². The largest absolute Gasteiger partial charge is 0.462 e. The Kier molecular flexibility index (Phi) is 5.20. The monoisotopic (exact) mass is 304 g/mol. The fraction of sp³-hybridized carbons (Fsp3) is 0.533. The summed E-state index contributed by atoms with van der Waals surface area (Å²) in [5.74, 6) is -7.64. The first-order chi connectivity index (χ1) is 10.0. The molecule has 0 aromatic heterocycles.